The van der Waals surface area contributed by atoms with E-state index in [2.05, 4.69) is 0 Å². The molecule has 2 nitrogen and oxygen atoms in total. The van der Waals surface area contributed by atoms with Crippen molar-refractivity contribution in [1.29, 1.82) is 0 Å². The molecule has 0 spiro atoms. The fourth-order valence-electron chi connectivity index (χ4n) is 2.07. The molecule has 3 N–H and O–H groups in total. The van der Waals surface area contributed by atoms with Crippen molar-refractivity contribution in [3.63, 3.8) is 0 Å². The highest BCUT2D eigenvalue weighted by atomic mass is 19.2. The number of phenolic OH excluding ortho intramolecular Hbond substituents is 1. The van der Waals surface area contributed by atoms with E-state index >= 15 is 0 Å². The Kier molecular flexibility index (Phi) is 2.38. The van der Waals surface area contributed by atoms with Crippen LogP contribution in [0.1, 0.15) is 25.3 Å². The molecule has 1 atom stereocenters. The lowest BCUT2D eigenvalue weighted by Crippen LogP contribution is -2.32. The van der Waals surface area contributed by atoms with E-state index in [1.54, 1.807) is 6.92 Å². The highest BCUT2D eigenvalue weighted by Crippen LogP contribution is 2.53. The Morgan fingerprint density at radius 2 is 1.88 bits per heavy atom. The Labute approximate surface area is 90.9 Å². The minimum absolute atomic E-state index is 0.0684. The van der Waals surface area contributed by atoms with E-state index in [0.717, 1.165) is 6.07 Å². The lowest BCUT2D eigenvalue weighted by atomic mass is 9.88. The molecule has 1 aromatic rings. The molecule has 0 radical (unpaired) electrons. The normalized spacial score (nSPS) is 19.6. The van der Waals surface area contributed by atoms with Crippen molar-refractivity contribution in [2.24, 2.45) is 5.73 Å². The molecule has 88 valence electrons. The van der Waals surface area contributed by atoms with Gasteiger partial charge in [0.15, 0.2) is 17.4 Å². The first kappa shape index (κ1) is 11.3. The predicted octanol–water partition coefficient (Wildman–Crippen LogP) is 2.19. The van der Waals surface area contributed by atoms with Crippen LogP contribution in [0.15, 0.2) is 6.07 Å². The summed E-state index contributed by atoms with van der Waals surface area (Å²) >= 11 is 0. The van der Waals surface area contributed by atoms with Crippen molar-refractivity contribution in [3.8, 4) is 5.75 Å². The highest BCUT2D eigenvalue weighted by Gasteiger charge is 2.50. The van der Waals surface area contributed by atoms with E-state index in [-0.39, 0.29) is 11.6 Å². The molecule has 1 saturated carbocycles. The molecule has 0 heterocycles. The maximum Gasteiger partial charge on any atom is 0.203 e. The topological polar surface area (TPSA) is 46.2 Å². The molecular formula is C11H12F3NO. The van der Waals surface area contributed by atoms with Gasteiger partial charge in [0.1, 0.15) is 0 Å². The molecule has 1 aromatic carbocycles. The van der Waals surface area contributed by atoms with Gasteiger partial charge in [-0.15, -0.1) is 0 Å². The van der Waals surface area contributed by atoms with Crippen LogP contribution in [0.5, 0.6) is 5.75 Å². The minimum Gasteiger partial charge on any atom is -0.505 e. The second kappa shape index (κ2) is 3.38. The Morgan fingerprint density at radius 1 is 1.31 bits per heavy atom. The largest absolute Gasteiger partial charge is 0.505 e. The molecular weight excluding hydrogens is 219 g/mol. The summed E-state index contributed by atoms with van der Waals surface area (Å²) in [5.74, 6) is -5.31. The second-order valence-corrected chi connectivity index (χ2v) is 4.33. The fourth-order valence-corrected chi connectivity index (χ4v) is 2.07. The second-order valence-electron chi connectivity index (χ2n) is 4.33. The SMILES string of the molecule is CC(N)C1(c2cc(F)c(F)c(F)c2O)CC1. The summed E-state index contributed by atoms with van der Waals surface area (Å²) in [4.78, 5) is 0. The van der Waals surface area contributed by atoms with Crippen LogP contribution >= 0.6 is 0 Å². The lowest BCUT2D eigenvalue weighted by molar-refractivity contribution is 0.371. The van der Waals surface area contributed by atoms with Gasteiger partial charge in [0.05, 0.1) is 0 Å². The average Bonchev–Trinajstić information content (AvgIpc) is 3.01. The van der Waals surface area contributed by atoms with Crippen molar-refractivity contribution in [3.05, 3.63) is 29.1 Å². The van der Waals surface area contributed by atoms with Crippen LogP contribution in [-0.4, -0.2) is 11.1 Å². The summed E-state index contributed by atoms with van der Waals surface area (Å²) in [5.41, 5.74) is 5.18. The Balaban J connectivity index is 2.59. The molecule has 1 unspecified atom stereocenters. The van der Waals surface area contributed by atoms with Crippen molar-refractivity contribution in [1.82, 2.24) is 0 Å². The summed E-state index contributed by atoms with van der Waals surface area (Å²) < 4.78 is 39.1. The van der Waals surface area contributed by atoms with E-state index in [9.17, 15) is 18.3 Å². The standard InChI is InChI=1S/C11H12F3NO/c1-5(15)11(2-3-11)6-4-7(12)8(13)9(14)10(6)16/h4-5,16H,2-3,15H2,1H3. The molecule has 0 saturated heterocycles. The third-order valence-corrected chi connectivity index (χ3v) is 3.33. The summed E-state index contributed by atoms with van der Waals surface area (Å²) in [6.07, 6.45) is 1.28. The molecule has 1 aliphatic rings. The van der Waals surface area contributed by atoms with Crippen molar-refractivity contribution in [2.75, 3.05) is 0 Å². The van der Waals surface area contributed by atoms with Crippen LogP contribution in [0.2, 0.25) is 0 Å². The molecule has 5 heteroatoms. The average molecular weight is 231 g/mol. The number of nitrogens with two attached hydrogens (primary N) is 1. The maximum absolute atomic E-state index is 13.2. The lowest BCUT2D eigenvalue weighted by Gasteiger charge is -2.21. The summed E-state index contributed by atoms with van der Waals surface area (Å²) in [5, 5.41) is 9.49. The van der Waals surface area contributed by atoms with Gasteiger partial charge in [-0.2, -0.15) is 4.39 Å². The third-order valence-electron chi connectivity index (χ3n) is 3.33. The monoisotopic (exact) mass is 231 g/mol. The summed E-state index contributed by atoms with van der Waals surface area (Å²) in [7, 11) is 0. The molecule has 0 aliphatic heterocycles. The van der Waals surface area contributed by atoms with Crippen LogP contribution in [-0.2, 0) is 5.41 Å². The summed E-state index contributed by atoms with van der Waals surface area (Å²) in [6.45, 7) is 1.70. The van der Waals surface area contributed by atoms with Gasteiger partial charge in [-0.3, -0.25) is 0 Å². The molecule has 1 fully saturated rings. The van der Waals surface area contributed by atoms with Gasteiger partial charge in [0.25, 0.3) is 0 Å². The van der Waals surface area contributed by atoms with Gasteiger partial charge in [-0.05, 0) is 25.8 Å². The van der Waals surface area contributed by atoms with Crippen molar-refractivity contribution < 1.29 is 18.3 Å². The van der Waals surface area contributed by atoms with Crippen molar-refractivity contribution >= 4 is 0 Å². The van der Waals surface area contributed by atoms with E-state index < -0.39 is 28.6 Å². The smallest absolute Gasteiger partial charge is 0.203 e. The van der Waals surface area contributed by atoms with E-state index in [0.29, 0.717) is 12.8 Å². The first-order chi connectivity index (χ1) is 7.40. The van der Waals surface area contributed by atoms with E-state index in [1.165, 1.54) is 0 Å². The van der Waals surface area contributed by atoms with Gasteiger partial charge >= 0.3 is 0 Å². The first-order valence-corrected chi connectivity index (χ1v) is 5.02. The first-order valence-electron chi connectivity index (χ1n) is 5.02. The van der Waals surface area contributed by atoms with E-state index in [1.807, 2.05) is 0 Å². The number of phenols is 1. The number of hydrogen-bond acceptors (Lipinski definition) is 2. The maximum atomic E-state index is 13.2. The quantitative estimate of drug-likeness (QED) is 0.766. The van der Waals surface area contributed by atoms with Crippen LogP contribution in [0.25, 0.3) is 0 Å². The summed E-state index contributed by atoms with van der Waals surface area (Å²) in [6, 6.07) is 0.493. The zero-order chi connectivity index (χ0) is 12.1. The molecule has 16 heavy (non-hydrogen) atoms. The van der Waals surface area contributed by atoms with Crippen LogP contribution < -0.4 is 5.73 Å². The minimum atomic E-state index is -1.65. The number of benzene rings is 1. The Bertz CT molecular complexity index is 441. The highest BCUT2D eigenvalue weighted by molar-refractivity contribution is 5.45. The molecule has 0 bridgehead atoms. The van der Waals surface area contributed by atoms with Crippen LogP contribution in [0, 0.1) is 17.5 Å². The number of rotatable bonds is 2. The number of halogens is 3. The fraction of sp³-hybridized carbons (Fsp3) is 0.455. The molecule has 1 aliphatic carbocycles. The number of hydrogen-bond donors (Lipinski definition) is 2. The number of aromatic hydroxyl groups is 1. The van der Waals surface area contributed by atoms with Gasteiger partial charge in [0, 0.05) is 17.0 Å². The van der Waals surface area contributed by atoms with Gasteiger partial charge < -0.3 is 10.8 Å². The predicted molar refractivity (Wildman–Crippen MR) is 52.5 cm³/mol. The molecule has 0 aromatic heterocycles. The third kappa shape index (κ3) is 1.38. The van der Waals surface area contributed by atoms with Gasteiger partial charge in [-0.1, -0.05) is 0 Å². The van der Waals surface area contributed by atoms with Crippen LogP contribution in [0.4, 0.5) is 13.2 Å². The van der Waals surface area contributed by atoms with Crippen LogP contribution in [0.3, 0.4) is 0 Å². The zero-order valence-electron chi connectivity index (χ0n) is 8.73. The van der Waals surface area contributed by atoms with E-state index in [4.69, 9.17) is 5.73 Å². The van der Waals surface area contributed by atoms with Crippen molar-refractivity contribution in [2.45, 2.75) is 31.2 Å². The van der Waals surface area contributed by atoms with Gasteiger partial charge in [0.2, 0.25) is 5.82 Å². The zero-order valence-corrected chi connectivity index (χ0v) is 8.73. The molecule has 2 rings (SSSR count). The molecule has 0 amide bonds. The Morgan fingerprint density at radius 3 is 2.31 bits per heavy atom. The Hall–Kier alpha value is -1.23. The van der Waals surface area contributed by atoms with Gasteiger partial charge in [-0.25, -0.2) is 8.78 Å².